The Kier molecular flexibility index (Phi) is 5.51. The van der Waals surface area contributed by atoms with E-state index in [-0.39, 0.29) is 0 Å². The molecule has 0 aliphatic heterocycles. The van der Waals surface area contributed by atoms with Crippen molar-refractivity contribution in [3.05, 3.63) is 0 Å². The van der Waals surface area contributed by atoms with Gasteiger partial charge in [0, 0.05) is 0 Å². The molecule has 0 atom stereocenters. The normalized spacial score (nSPS) is 9.00. The first-order valence-corrected chi connectivity index (χ1v) is 2.38. The summed E-state index contributed by atoms with van der Waals surface area (Å²) in [6.45, 7) is 0.587. The maximum absolute atomic E-state index is 4.74. The summed E-state index contributed by atoms with van der Waals surface area (Å²) in [5, 5.41) is 2.80. The van der Waals surface area contributed by atoms with Crippen LogP contribution in [0.2, 0.25) is 0 Å². The van der Waals surface area contributed by atoms with Crippen LogP contribution >= 0.6 is 12.6 Å². The van der Waals surface area contributed by atoms with E-state index in [1.54, 1.807) is 0 Å². The van der Waals surface area contributed by atoms with Crippen molar-refractivity contribution < 1.29 is 4.74 Å². The van der Waals surface area contributed by atoms with Crippen LogP contribution in [-0.4, -0.2) is 19.7 Å². The lowest BCUT2D eigenvalue weighted by Crippen LogP contribution is -2.10. The molecular weight excluding hydrogens is 98.1 g/mol. The highest BCUT2D eigenvalue weighted by Crippen LogP contribution is 1.70. The highest BCUT2D eigenvalue weighted by atomic mass is 32.1. The summed E-state index contributed by atoms with van der Waals surface area (Å²) in [6.07, 6.45) is 0. The van der Waals surface area contributed by atoms with Gasteiger partial charge in [0.15, 0.2) is 0 Å². The second-order valence-electron chi connectivity index (χ2n) is 0.831. The molecule has 6 heavy (non-hydrogen) atoms. The van der Waals surface area contributed by atoms with Crippen LogP contribution in [0.15, 0.2) is 0 Å². The number of thiol groups is 1. The summed E-state index contributed by atoms with van der Waals surface area (Å²) >= 11 is 3.79. The molecule has 0 spiro atoms. The second kappa shape index (κ2) is 5.27. The van der Waals surface area contributed by atoms with Crippen LogP contribution in [0.4, 0.5) is 0 Å². The Morgan fingerprint density at radius 1 is 1.83 bits per heavy atom. The largest absolute Gasteiger partial charge is 0.356 e. The van der Waals surface area contributed by atoms with Crippen LogP contribution in [0.3, 0.4) is 0 Å². The molecule has 0 rings (SSSR count). The zero-order valence-electron chi connectivity index (χ0n) is 3.77. The summed E-state index contributed by atoms with van der Waals surface area (Å²) in [5.74, 6) is 0.487. The molecule has 0 aliphatic rings. The molecule has 0 amide bonds. The average Bonchev–Trinajstić information content (AvgIpc) is 1.61. The molecule has 0 aromatic heterocycles. The van der Waals surface area contributed by atoms with Crippen molar-refractivity contribution in [2.45, 2.75) is 0 Å². The molecule has 0 radical (unpaired) electrons. The fourth-order valence-electron chi connectivity index (χ4n) is 0.148. The Balaban J connectivity index is 2.34. The van der Waals surface area contributed by atoms with Crippen molar-refractivity contribution in [3.8, 4) is 0 Å². The van der Waals surface area contributed by atoms with Crippen molar-refractivity contribution in [2.24, 2.45) is 0 Å². The van der Waals surface area contributed by atoms with Gasteiger partial charge in [-0.1, -0.05) is 0 Å². The third-order valence-electron chi connectivity index (χ3n) is 0.338. The summed E-state index contributed by atoms with van der Waals surface area (Å²) in [5.41, 5.74) is 0. The van der Waals surface area contributed by atoms with Crippen LogP contribution in [0.5, 0.6) is 0 Å². The standard InChI is InChI=1S/C3H9NOS/c1-4-2-5-3-6/h4,6H,2-3H2,1H3. The van der Waals surface area contributed by atoms with Gasteiger partial charge < -0.3 is 4.74 Å². The van der Waals surface area contributed by atoms with E-state index < -0.39 is 0 Å². The van der Waals surface area contributed by atoms with E-state index in [1.165, 1.54) is 0 Å². The third-order valence-corrected chi connectivity index (χ3v) is 0.520. The van der Waals surface area contributed by atoms with Crippen molar-refractivity contribution in [2.75, 3.05) is 19.7 Å². The second-order valence-corrected chi connectivity index (χ2v) is 1.09. The van der Waals surface area contributed by atoms with Crippen molar-refractivity contribution in [1.82, 2.24) is 5.32 Å². The molecule has 0 heterocycles. The molecule has 1 N–H and O–H groups in total. The molecule has 0 saturated carbocycles. The van der Waals surface area contributed by atoms with Gasteiger partial charge in [0.05, 0.1) is 12.7 Å². The van der Waals surface area contributed by atoms with Gasteiger partial charge >= 0.3 is 0 Å². The van der Waals surface area contributed by atoms with Gasteiger partial charge in [-0.15, -0.1) is 0 Å². The Morgan fingerprint density at radius 2 is 2.50 bits per heavy atom. The maximum Gasteiger partial charge on any atom is 0.0974 e. The molecule has 3 heteroatoms. The summed E-state index contributed by atoms with van der Waals surface area (Å²) in [7, 11) is 1.82. The molecule has 0 unspecified atom stereocenters. The van der Waals surface area contributed by atoms with Crippen LogP contribution in [0, 0.1) is 0 Å². The monoisotopic (exact) mass is 107 g/mol. The molecule has 0 bridgehead atoms. The number of nitrogens with one attached hydrogen (secondary N) is 1. The molecule has 0 aliphatic carbocycles. The zero-order chi connectivity index (χ0) is 4.83. The quantitative estimate of drug-likeness (QED) is 0.302. The number of hydrogen-bond donors (Lipinski definition) is 2. The molecule has 0 saturated heterocycles. The molecule has 0 fully saturated rings. The molecule has 38 valence electrons. The Labute approximate surface area is 43.3 Å². The molecular formula is C3H9NOS. The van der Waals surface area contributed by atoms with E-state index >= 15 is 0 Å². The molecule has 2 nitrogen and oxygen atoms in total. The fraction of sp³-hybridized carbons (Fsp3) is 1.00. The Bertz CT molecular complexity index is 22.8. The van der Waals surface area contributed by atoms with Crippen LogP contribution < -0.4 is 5.32 Å². The number of ether oxygens (including phenoxy) is 1. The molecule has 0 aromatic carbocycles. The average molecular weight is 107 g/mol. The topological polar surface area (TPSA) is 21.3 Å². The summed E-state index contributed by atoms with van der Waals surface area (Å²) in [4.78, 5) is 0. The van der Waals surface area contributed by atoms with Gasteiger partial charge in [-0.3, -0.25) is 5.32 Å². The van der Waals surface area contributed by atoms with Gasteiger partial charge in [-0.25, -0.2) is 0 Å². The minimum Gasteiger partial charge on any atom is -0.356 e. The third kappa shape index (κ3) is 4.27. The van der Waals surface area contributed by atoms with E-state index in [2.05, 4.69) is 17.9 Å². The highest BCUT2D eigenvalue weighted by Gasteiger charge is 1.70. The van der Waals surface area contributed by atoms with E-state index in [9.17, 15) is 0 Å². The van der Waals surface area contributed by atoms with Gasteiger partial charge in [0.2, 0.25) is 0 Å². The van der Waals surface area contributed by atoms with Crippen LogP contribution in [0.25, 0.3) is 0 Å². The van der Waals surface area contributed by atoms with Gasteiger partial charge in [-0.05, 0) is 7.05 Å². The first kappa shape index (κ1) is 6.27. The van der Waals surface area contributed by atoms with Gasteiger partial charge in [0.25, 0.3) is 0 Å². The van der Waals surface area contributed by atoms with Crippen molar-refractivity contribution >= 4 is 12.6 Å². The highest BCUT2D eigenvalue weighted by molar-refractivity contribution is 7.80. The Morgan fingerprint density at radius 3 is 2.67 bits per heavy atom. The SMILES string of the molecule is CNCOCS. The predicted molar refractivity (Wildman–Crippen MR) is 28.9 cm³/mol. The lowest BCUT2D eigenvalue weighted by molar-refractivity contribution is 0.169. The smallest absolute Gasteiger partial charge is 0.0974 e. The lowest BCUT2D eigenvalue weighted by atomic mass is 11.1. The van der Waals surface area contributed by atoms with Crippen LogP contribution in [-0.2, 0) is 4.74 Å². The fourth-order valence-corrected chi connectivity index (χ4v) is 0.239. The first-order chi connectivity index (χ1) is 2.91. The zero-order valence-corrected chi connectivity index (χ0v) is 4.66. The van der Waals surface area contributed by atoms with E-state index in [0.29, 0.717) is 12.7 Å². The van der Waals surface area contributed by atoms with E-state index in [0.717, 1.165) is 0 Å². The maximum atomic E-state index is 4.74. The minimum atomic E-state index is 0.487. The number of hydrogen-bond acceptors (Lipinski definition) is 3. The minimum absolute atomic E-state index is 0.487. The van der Waals surface area contributed by atoms with Crippen molar-refractivity contribution in [1.29, 1.82) is 0 Å². The van der Waals surface area contributed by atoms with Gasteiger partial charge in [-0.2, -0.15) is 12.6 Å². The van der Waals surface area contributed by atoms with E-state index in [1.807, 2.05) is 7.05 Å². The lowest BCUT2D eigenvalue weighted by Gasteiger charge is -1.93. The van der Waals surface area contributed by atoms with Crippen molar-refractivity contribution in [3.63, 3.8) is 0 Å². The molecule has 0 aromatic rings. The van der Waals surface area contributed by atoms with Gasteiger partial charge in [0.1, 0.15) is 0 Å². The Hall–Kier alpha value is 0.270. The first-order valence-electron chi connectivity index (χ1n) is 1.75. The van der Waals surface area contributed by atoms with E-state index in [4.69, 9.17) is 4.74 Å². The van der Waals surface area contributed by atoms with Crippen LogP contribution in [0.1, 0.15) is 0 Å². The summed E-state index contributed by atoms with van der Waals surface area (Å²) < 4.78 is 4.74. The number of rotatable bonds is 3. The summed E-state index contributed by atoms with van der Waals surface area (Å²) in [6, 6.07) is 0. The predicted octanol–water partition coefficient (Wildman–Crippen LogP) is 0.0672.